The van der Waals surface area contributed by atoms with Gasteiger partial charge in [-0.2, -0.15) is 0 Å². The van der Waals surface area contributed by atoms with Crippen molar-refractivity contribution in [3.63, 3.8) is 0 Å². The van der Waals surface area contributed by atoms with E-state index in [-0.39, 0.29) is 25.5 Å². The van der Waals surface area contributed by atoms with Gasteiger partial charge in [0.25, 0.3) is 0 Å². The van der Waals surface area contributed by atoms with Crippen LogP contribution in [0.25, 0.3) is 0 Å². The molecule has 0 radical (unpaired) electrons. The van der Waals surface area contributed by atoms with Gasteiger partial charge in [0.2, 0.25) is 0 Å². The van der Waals surface area contributed by atoms with Crippen molar-refractivity contribution in [1.82, 2.24) is 14.9 Å². The predicted molar refractivity (Wildman–Crippen MR) is 59.6 cm³/mol. The van der Waals surface area contributed by atoms with Crippen LogP contribution >= 0.6 is 0 Å². The van der Waals surface area contributed by atoms with Crippen LogP contribution < -0.4 is 5.32 Å². The highest BCUT2D eigenvalue weighted by molar-refractivity contribution is 5.18. The SMILES string of the molecule is Cc1ncc([N+](=O)[O-])n1CC(O)CNCCO. The van der Waals surface area contributed by atoms with Crippen molar-refractivity contribution in [3.8, 4) is 0 Å². The molecule has 0 aromatic carbocycles. The second-order valence-electron chi connectivity index (χ2n) is 3.61. The maximum atomic E-state index is 10.7. The fourth-order valence-corrected chi connectivity index (χ4v) is 1.45. The molecule has 8 nitrogen and oxygen atoms in total. The first-order chi connectivity index (χ1) is 8.06. The molecule has 0 saturated carbocycles. The van der Waals surface area contributed by atoms with E-state index in [2.05, 4.69) is 10.3 Å². The van der Waals surface area contributed by atoms with E-state index in [0.717, 1.165) is 0 Å². The van der Waals surface area contributed by atoms with Crippen molar-refractivity contribution < 1.29 is 15.1 Å². The first-order valence-corrected chi connectivity index (χ1v) is 5.22. The third-order valence-electron chi connectivity index (χ3n) is 2.28. The van der Waals surface area contributed by atoms with Crippen LogP contribution in [-0.4, -0.2) is 50.5 Å². The van der Waals surface area contributed by atoms with Crippen LogP contribution in [0.4, 0.5) is 5.82 Å². The first-order valence-electron chi connectivity index (χ1n) is 5.22. The average molecular weight is 244 g/mol. The van der Waals surface area contributed by atoms with Crippen LogP contribution in [0.2, 0.25) is 0 Å². The molecule has 96 valence electrons. The summed E-state index contributed by atoms with van der Waals surface area (Å²) in [6.07, 6.45) is 0.400. The smallest absolute Gasteiger partial charge is 0.342 e. The van der Waals surface area contributed by atoms with Crippen molar-refractivity contribution in [1.29, 1.82) is 0 Å². The molecule has 1 unspecified atom stereocenters. The zero-order chi connectivity index (χ0) is 12.8. The summed E-state index contributed by atoms with van der Waals surface area (Å²) < 4.78 is 1.35. The Morgan fingerprint density at radius 3 is 3.00 bits per heavy atom. The number of nitrogens with one attached hydrogen (secondary N) is 1. The number of hydrogen-bond donors (Lipinski definition) is 3. The van der Waals surface area contributed by atoms with E-state index >= 15 is 0 Å². The summed E-state index contributed by atoms with van der Waals surface area (Å²) in [7, 11) is 0. The third-order valence-corrected chi connectivity index (χ3v) is 2.28. The molecule has 17 heavy (non-hydrogen) atoms. The van der Waals surface area contributed by atoms with E-state index in [9.17, 15) is 15.2 Å². The molecular formula is C9H16N4O4. The molecule has 1 atom stereocenters. The van der Waals surface area contributed by atoms with E-state index in [1.54, 1.807) is 6.92 Å². The van der Waals surface area contributed by atoms with Crippen molar-refractivity contribution in [2.24, 2.45) is 0 Å². The van der Waals surface area contributed by atoms with Crippen LogP contribution in [0.3, 0.4) is 0 Å². The van der Waals surface area contributed by atoms with Gasteiger partial charge in [0.05, 0.1) is 6.61 Å². The predicted octanol–water partition coefficient (Wildman–Crippen LogP) is -0.957. The number of nitrogens with zero attached hydrogens (tertiary/aromatic N) is 3. The largest absolute Gasteiger partial charge is 0.395 e. The minimum Gasteiger partial charge on any atom is -0.395 e. The maximum absolute atomic E-state index is 10.7. The number of rotatable bonds is 7. The Kier molecular flexibility index (Phi) is 5.01. The molecule has 0 aliphatic carbocycles. The van der Waals surface area contributed by atoms with Crippen molar-refractivity contribution >= 4 is 5.82 Å². The standard InChI is InChI=1S/C9H16N4O4/c1-7-11-5-9(13(16)17)12(7)6-8(15)4-10-2-3-14/h5,8,10,14-15H,2-4,6H2,1H3. The number of hydrogen-bond acceptors (Lipinski definition) is 6. The number of aromatic nitrogens is 2. The Morgan fingerprint density at radius 1 is 1.71 bits per heavy atom. The van der Waals surface area contributed by atoms with E-state index in [0.29, 0.717) is 12.4 Å². The van der Waals surface area contributed by atoms with Crippen molar-refractivity contribution in [2.75, 3.05) is 19.7 Å². The second kappa shape index (κ2) is 6.28. The number of nitro groups is 1. The molecule has 1 heterocycles. The Bertz CT molecular complexity index is 379. The van der Waals surface area contributed by atoms with Crippen LogP contribution in [0.15, 0.2) is 6.20 Å². The fourth-order valence-electron chi connectivity index (χ4n) is 1.45. The molecular weight excluding hydrogens is 228 g/mol. The number of aliphatic hydroxyl groups excluding tert-OH is 2. The lowest BCUT2D eigenvalue weighted by molar-refractivity contribution is -0.392. The summed E-state index contributed by atoms with van der Waals surface area (Å²) in [6.45, 7) is 2.36. The lowest BCUT2D eigenvalue weighted by atomic mass is 10.3. The minimum absolute atomic E-state index is 0.0169. The fraction of sp³-hybridized carbons (Fsp3) is 0.667. The van der Waals surface area contributed by atoms with Gasteiger partial charge >= 0.3 is 5.82 Å². The average Bonchev–Trinajstić information content (AvgIpc) is 2.61. The quantitative estimate of drug-likeness (QED) is 0.323. The van der Waals surface area contributed by atoms with Gasteiger partial charge in [-0.1, -0.05) is 0 Å². The van der Waals surface area contributed by atoms with Crippen LogP contribution in [0.5, 0.6) is 0 Å². The Labute approximate surface area is 98.1 Å². The molecule has 1 rings (SSSR count). The molecule has 8 heteroatoms. The van der Waals surface area contributed by atoms with Gasteiger partial charge < -0.3 is 25.6 Å². The van der Waals surface area contributed by atoms with Crippen LogP contribution in [0.1, 0.15) is 5.82 Å². The monoisotopic (exact) mass is 244 g/mol. The summed E-state index contributed by atoms with van der Waals surface area (Å²) in [4.78, 5) is 14.0. The van der Waals surface area contributed by atoms with Gasteiger partial charge in [-0.25, -0.2) is 9.55 Å². The van der Waals surface area contributed by atoms with Gasteiger partial charge in [0.1, 0.15) is 18.8 Å². The molecule has 3 N–H and O–H groups in total. The second-order valence-corrected chi connectivity index (χ2v) is 3.61. The van der Waals surface area contributed by atoms with Crippen LogP contribution in [-0.2, 0) is 6.54 Å². The van der Waals surface area contributed by atoms with Crippen molar-refractivity contribution in [3.05, 3.63) is 22.1 Å². The Morgan fingerprint density at radius 2 is 2.41 bits per heavy atom. The summed E-state index contributed by atoms with van der Waals surface area (Å²) in [5, 5.41) is 31.7. The maximum Gasteiger partial charge on any atom is 0.342 e. The molecule has 0 amide bonds. The highest BCUT2D eigenvalue weighted by Gasteiger charge is 2.20. The van der Waals surface area contributed by atoms with Gasteiger partial charge in [0, 0.05) is 20.0 Å². The molecule has 0 saturated heterocycles. The van der Waals surface area contributed by atoms with E-state index < -0.39 is 11.0 Å². The number of imidazole rings is 1. The van der Waals surface area contributed by atoms with Gasteiger partial charge in [0.15, 0.2) is 5.82 Å². The molecule has 1 aromatic heterocycles. The lowest BCUT2D eigenvalue weighted by Crippen LogP contribution is -2.32. The Hall–Kier alpha value is -1.51. The van der Waals surface area contributed by atoms with E-state index in [4.69, 9.17) is 5.11 Å². The van der Waals surface area contributed by atoms with Crippen molar-refractivity contribution in [2.45, 2.75) is 19.6 Å². The molecule has 0 bridgehead atoms. The molecule has 0 spiro atoms. The molecule has 0 aliphatic heterocycles. The van der Waals surface area contributed by atoms with Gasteiger partial charge in [-0.15, -0.1) is 0 Å². The molecule has 0 fully saturated rings. The normalized spacial score (nSPS) is 12.6. The zero-order valence-corrected chi connectivity index (χ0v) is 9.54. The van der Waals surface area contributed by atoms with Crippen LogP contribution in [0, 0.1) is 17.0 Å². The summed E-state index contributed by atoms with van der Waals surface area (Å²) >= 11 is 0. The first kappa shape index (κ1) is 13.6. The third kappa shape index (κ3) is 3.77. The van der Waals surface area contributed by atoms with E-state index in [1.165, 1.54) is 10.8 Å². The van der Waals surface area contributed by atoms with Gasteiger partial charge in [-0.05, 0) is 4.92 Å². The highest BCUT2D eigenvalue weighted by atomic mass is 16.6. The lowest BCUT2D eigenvalue weighted by Gasteiger charge is -2.10. The minimum atomic E-state index is -0.770. The van der Waals surface area contributed by atoms with Gasteiger partial charge in [-0.3, -0.25) is 0 Å². The number of aliphatic hydroxyl groups is 2. The molecule has 1 aromatic rings. The number of aryl methyl sites for hydroxylation is 1. The Balaban J connectivity index is 2.61. The summed E-state index contributed by atoms with van der Waals surface area (Å²) in [5.41, 5.74) is 0. The topological polar surface area (TPSA) is 113 Å². The summed E-state index contributed by atoms with van der Waals surface area (Å²) in [6, 6.07) is 0. The molecule has 0 aliphatic rings. The zero-order valence-electron chi connectivity index (χ0n) is 9.54. The highest BCUT2D eigenvalue weighted by Crippen LogP contribution is 2.13. The van der Waals surface area contributed by atoms with E-state index in [1.807, 2.05) is 0 Å². The summed E-state index contributed by atoms with van der Waals surface area (Å²) in [5.74, 6) is 0.349.